The van der Waals surface area contributed by atoms with Gasteiger partial charge in [0, 0.05) is 35.8 Å². The van der Waals surface area contributed by atoms with Crippen LogP contribution < -0.4 is 10.6 Å². The SMILES string of the molecule is CN(C)CCCN(Cc1ccccc1F)C(=S)NC1CC(C)(C)NC(C)(C)C1. The van der Waals surface area contributed by atoms with Crippen LogP contribution in [0.15, 0.2) is 24.3 Å². The number of rotatable bonds is 7. The van der Waals surface area contributed by atoms with Gasteiger partial charge in [0.1, 0.15) is 5.82 Å². The molecule has 1 fully saturated rings. The third kappa shape index (κ3) is 7.30. The molecule has 0 saturated carbocycles. The van der Waals surface area contributed by atoms with Crippen molar-refractivity contribution in [3.8, 4) is 0 Å². The van der Waals surface area contributed by atoms with E-state index in [1.165, 1.54) is 6.07 Å². The second-order valence-corrected chi connectivity index (χ2v) is 10.0. The third-order valence-electron chi connectivity index (χ3n) is 5.16. The van der Waals surface area contributed by atoms with Crippen molar-refractivity contribution in [2.45, 2.75) is 70.6 Å². The highest BCUT2D eigenvalue weighted by Crippen LogP contribution is 2.28. The number of nitrogens with one attached hydrogen (secondary N) is 2. The van der Waals surface area contributed by atoms with E-state index < -0.39 is 0 Å². The lowest BCUT2D eigenvalue weighted by molar-refractivity contribution is 0.153. The monoisotopic (exact) mass is 408 g/mol. The smallest absolute Gasteiger partial charge is 0.169 e. The lowest BCUT2D eigenvalue weighted by atomic mass is 9.80. The molecular weight excluding hydrogens is 371 g/mol. The van der Waals surface area contributed by atoms with Gasteiger partial charge >= 0.3 is 0 Å². The average Bonchev–Trinajstić information content (AvgIpc) is 2.52. The summed E-state index contributed by atoms with van der Waals surface area (Å²) in [7, 11) is 4.13. The third-order valence-corrected chi connectivity index (χ3v) is 5.53. The number of thiocarbonyl (C=S) groups is 1. The maximum atomic E-state index is 14.2. The van der Waals surface area contributed by atoms with Gasteiger partial charge in [0.15, 0.2) is 5.11 Å². The van der Waals surface area contributed by atoms with Crippen LogP contribution in [0.1, 0.15) is 52.5 Å². The van der Waals surface area contributed by atoms with Gasteiger partial charge < -0.3 is 20.4 Å². The molecular formula is C22H37FN4S. The summed E-state index contributed by atoms with van der Waals surface area (Å²) in [4.78, 5) is 4.27. The van der Waals surface area contributed by atoms with Crippen LogP contribution >= 0.6 is 12.2 Å². The molecule has 2 N–H and O–H groups in total. The fourth-order valence-electron chi connectivity index (χ4n) is 4.35. The zero-order valence-corrected chi connectivity index (χ0v) is 19.1. The van der Waals surface area contributed by atoms with Crippen LogP contribution in [0, 0.1) is 5.82 Å². The molecule has 0 atom stereocenters. The predicted molar refractivity (Wildman–Crippen MR) is 120 cm³/mol. The van der Waals surface area contributed by atoms with E-state index in [0.717, 1.165) is 37.5 Å². The van der Waals surface area contributed by atoms with Crippen molar-refractivity contribution in [3.63, 3.8) is 0 Å². The molecule has 0 radical (unpaired) electrons. The van der Waals surface area contributed by atoms with E-state index in [4.69, 9.17) is 12.2 Å². The highest BCUT2D eigenvalue weighted by atomic mass is 32.1. The molecule has 158 valence electrons. The van der Waals surface area contributed by atoms with Crippen LogP contribution in [0.5, 0.6) is 0 Å². The normalized spacial score (nSPS) is 18.9. The van der Waals surface area contributed by atoms with E-state index in [-0.39, 0.29) is 16.9 Å². The van der Waals surface area contributed by atoms with Gasteiger partial charge in [0.05, 0.1) is 0 Å². The summed E-state index contributed by atoms with van der Waals surface area (Å²) in [6.45, 7) is 11.2. The van der Waals surface area contributed by atoms with Crippen LogP contribution in [0.2, 0.25) is 0 Å². The highest BCUT2D eigenvalue weighted by Gasteiger charge is 2.38. The van der Waals surface area contributed by atoms with Crippen LogP contribution in [0.25, 0.3) is 0 Å². The number of hydrogen-bond donors (Lipinski definition) is 2. The van der Waals surface area contributed by atoms with Crippen molar-refractivity contribution in [2.75, 3.05) is 27.2 Å². The summed E-state index contributed by atoms with van der Waals surface area (Å²) in [6, 6.07) is 7.26. The molecule has 1 saturated heterocycles. The Morgan fingerprint density at radius 2 is 1.75 bits per heavy atom. The van der Waals surface area contributed by atoms with E-state index in [0.29, 0.717) is 18.2 Å². The minimum absolute atomic E-state index is 0.0519. The molecule has 1 aliphatic rings. The lowest BCUT2D eigenvalue weighted by Gasteiger charge is -2.47. The highest BCUT2D eigenvalue weighted by molar-refractivity contribution is 7.80. The fraction of sp³-hybridized carbons (Fsp3) is 0.682. The molecule has 2 rings (SSSR count). The first kappa shape index (κ1) is 23.0. The number of piperidine rings is 1. The second-order valence-electron chi connectivity index (χ2n) is 9.62. The summed E-state index contributed by atoms with van der Waals surface area (Å²) in [5, 5.41) is 8.02. The van der Waals surface area contributed by atoms with Crippen molar-refractivity contribution in [1.29, 1.82) is 0 Å². The molecule has 28 heavy (non-hydrogen) atoms. The second kappa shape index (κ2) is 9.51. The van der Waals surface area contributed by atoms with E-state index in [9.17, 15) is 4.39 Å². The van der Waals surface area contributed by atoms with Crippen LogP contribution in [-0.2, 0) is 6.54 Å². The fourth-order valence-corrected chi connectivity index (χ4v) is 4.68. The van der Waals surface area contributed by atoms with Crippen LogP contribution in [0.4, 0.5) is 4.39 Å². The summed E-state index contributed by atoms with van der Waals surface area (Å²) < 4.78 is 14.2. The topological polar surface area (TPSA) is 30.5 Å². The maximum Gasteiger partial charge on any atom is 0.169 e. The molecule has 1 aromatic rings. The Hall–Kier alpha value is -1.24. The zero-order valence-electron chi connectivity index (χ0n) is 18.3. The Balaban J connectivity index is 2.08. The molecule has 1 aliphatic heterocycles. The van der Waals surface area contributed by atoms with Gasteiger partial charge in [-0.05, 0) is 85.9 Å². The van der Waals surface area contributed by atoms with Gasteiger partial charge in [-0.1, -0.05) is 18.2 Å². The lowest BCUT2D eigenvalue weighted by Crippen LogP contribution is -2.62. The van der Waals surface area contributed by atoms with E-state index >= 15 is 0 Å². The molecule has 4 nitrogen and oxygen atoms in total. The van der Waals surface area contributed by atoms with Gasteiger partial charge in [-0.2, -0.15) is 0 Å². The number of hydrogen-bond acceptors (Lipinski definition) is 3. The molecule has 0 bridgehead atoms. The van der Waals surface area contributed by atoms with Crippen molar-refractivity contribution >= 4 is 17.3 Å². The number of nitrogens with zero attached hydrogens (tertiary/aromatic N) is 2. The average molecular weight is 409 g/mol. The summed E-state index contributed by atoms with van der Waals surface area (Å²) in [5.41, 5.74) is 0.787. The minimum atomic E-state index is -0.174. The first-order valence-corrected chi connectivity index (χ1v) is 10.6. The van der Waals surface area contributed by atoms with Gasteiger partial charge in [-0.25, -0.2) is 4.39 Å². The summed E-state index contributed by atoms with van der Waals surface area (Å²) in [6.07, 6.45) is 2.98. The molecule has 0 aromatic heterocycles. The summed E-state index contributed by atoms with van der Waals surface area (Å²) in [5.74, 6) is -0.174. The van der Waals surface area contributed by atoms with Gasteiger partial charge in [-0.3, -0.25) is 0 Å². The van der Waals surface area contributed by atoms with Crippen molar-refractivity contribution in [2.24, 2.45) is 0 Å². The first-order chi connectivity index (χ1) is 13.0. The molecule has 1 aromatic carbocycles. The maximum absolute atomic E-state index is 14.2. The van der Waals surface area contributed by atoms with Crippen molar-refractivity contribution < 1.29 is 4.39 Å². The van der Waals surface area contributed by atoms with Crippen LogP contribution in [-0.4, -0.2) is 59.2 Å². The molecule has 0 unspecified atom stereocenters. The Morgan fingerprint density at radius 3 is 2.32 bits per heavy atom. The molecule has 0 amide bonds. The van der Waals surface area contributed by atoms with Gasteiger partial charge in [0.2, 0.25) is 0 Å². The van der Waals surface area contributed by atoms with Gasteiger partial charge in [-0.15, -0.1) is 0 Å². The standard InChI is InChI=1S/C22H37FN4S/c1-21(2)14-18(15-22(3,4)25-21)24-20(28)27(13-9-12-26(5)6)16-17-10-7-8-11-19(17)23/h7-8,10-11,18,25H,9,12-16H2,1-6H3,(H,24,28). The molecule has 0 aliphatic carbocycles. The van der Waals surface area contributed by atoms with E-state index in [1.807, 2.05) is 12.1 Å². The molecule has 0 spiro atoms. The zero-order chi connectivity index (χ0) is 20.9. The Bertz CT molecular complexity index is 644. The largest absolute Gasteiger partial charge is 0.360 e. The van der Waals surface area contributed by atoms with E-state index in [1.54, 1.807) is 6.07 Å². The Kier molecular flexibility index (Phi) is 7.82. The molecule has 6 heteroatoms. The van der Waals surface area contributed by atoms with E-state index in [2.05, 4.69) is 62.2 Å². The quantitative estimate of drug-likeness (QED) is 0.671. The van der Waals surface area contributed by atoms with Crippen molar-refractivity contribution in [1.82, 2.24) is 20.4 Å². The van der Waals surface area contributed by atoms with Gasteiger partial charge in [0.25, 0.3) is 0 Å². The predicted octanol–water partition coefficient (Wildman–Crippen LogP) is 3.76. The first-order valence-electron chi connectivity index (χ1n) is 10.2. The van der Waals surface area contributed by atoms with Crippen molar-refractivity contribution in [3.05, 3.63) is 35.6 Å². The Labute approximate surface area is 175 Å². The Morgan fingerprint density at radius 1 is 1.14 bits per heavy atom. The number of benzene rings is 1. The van der Waals surface area contributed by atoms with Crippen LogP contribution in [0.3, 0.4) is 0 Å². The number of halogens is 1. The molecule has 1 heterocycles. The minimum Gasteiger partial charge on any atom is -0.360 e. The summed E-state index contributed by atoms with van der Waals surface area (Å²) >= 11 is 5.79.